The predicted octanol–water partition coefficient (Wildman–Crippen LogP) is 3.90. The Morgan fingerprint density at radius 3 is 2.77 bits per heavy atom. The normalized spacial score (nSPS) is 13.1. The summed E-state index contributed by atoms with van der Waals surface area (Å²) >= 11 is 0. The molecule has 3 heterocycles. The number of hydrogen-bond acceptors (Lipinski definition) is 9. The Morgan fingerprint density at radius 1 is 1.15 bits per heavy atom. The molecule has 210 valence electrons. The molecule has 1 aromatic carbocycles. The summed E-state index contributed by atoms with van der Waals surface area (Å²) in [6, 6.07) is 11.1. The van der Waals surface area contributed by atoms with Gasteiger partial charge in [-0.3, -0.25) is 4.90 Å². The number of carbonyl (C=O) groups is 1. The molecule has 0 amide bonds. The van der Waals surface area contributed by atoms with Crippen molar-refractivity contribution in [2.75, 3.05) is 43.4 Å². The second-order valence-electron chi connectivity index (χ2n) is 9.63. The van der Waals surface area contributed by atoms with Crippen molar-refractivity contribution in [2.45, 2.75) is 44.6 Å². The molecule has 0 radical (unpaired) electrons. The number of carboxylic acids is 1. The highest BCUT2D eigenvalue weighted by Gasteiger charge is 2.21. The number of benzene rings is 1. The number of nitrogens with zero attached hydrogens (tertiary/aromatic N) is 5. The van der Waals surface area contributed by atoms with Gasteiger partial charge in [0.2, 0.25) is 0 Å². The van der Waals surface area contributed by atoms with Gasteiger partial charge in [0, 0.05) is 37.7 Å². The summed E-state index contributed by atoms with van der Waals surface area (Å²) in [5.41, 5.74) is 2.38. The van der Waals surface area contributed by atoms with Gasteiger partial charge in [-0.05, 0) is 81.0 Å². The molecule has 0 spiro atoms. The van der Waals surface area contributed by atoms with E-state index in [0.29, 0.717) is 25.4 Å². The Morgan fingerprint density at radius 2 is 1.98 bits per heavy atom. The van der Waals surface area contributed by atoms with Crippen molar-refractivity contribution in [3.05, 3.63) is 71.6 Å². The second kappa shape index (κ2) is 14.7. The lowest BCUT2D eigenvalue weighted by Gasteiger charge is -2.25. The van der Waals surface area contributed by atoms with E-state index in [1.807, 2.05) is 6.07 Å². The average Bonchev–Trinajstić information content (AvgIpc) is 2.97. The van der Waals surface area contributed by atoms with Gasteiger partial charge in [0.15, 0.2) is 11.5 Å². The molecule has 1 unspecified atom stereocenters. The summed E-state index contributed by atoms with van der Waals surface area (Å²) in [6.45, 7) is 3.13. The van der Waals surface area contributed by atoms with Crippen molar-refractivity contribution in [2.24, 2.45) is 0 Å². The molecular weight excluding hydrogens is 513 g/mol. The first-order valence-corrected chi connectivity index (χ1v) is 13.6. The second-order valence-corrected chi connectivity index (χ2v) is 9.63. The van der Waals surface area contributed by atoms with E-state index >= 15 is 0 Å². The van der Waals surface area contributed by atoms with Crippen LogP contribution in [0, 0.1) is 17.1 Å². The Bertz CT molecular complexity index is 1300. The smallest absolute Gasteiger partial charge is 0.326 e. The van der Waals surface area contributed by atoms with E-state index in [9.17, 15) is 19.6 Å². The van der Waals surface area contributed by atoms with Gasteiger partial charge in [0.25, 0.3) is 0 Å². The molecule has 0 bridgehead atoms. The fraction of sp³-hybridized carbons (Fsp3) is 0.414. The van der Waals surface area contributed by atoms with Gasteiger partial charge >= 0.3 is 5.97 Å². The van der Waals surface area contributed by atoms with Gasteiger partial charge in [0.05, 0.1) is 0 Å². The number of rotatable bonds is 15. The first-order chi connectivity index (χ1) is 19.5. The number of carboxylic acid groups (broad SMARTS) is 1. The van der Waals surface area contributed by atoms with E-state index in [4.69, 9.17) is 9.72 Å². The Hall–Kier alpha value is -4.30. The minimum Gasteiger partial charge on any atom is -0.492 e. The molecule has 0 saturated carbocycles. The number of aliphatic carboxylic acids is 1. The SMILES string of the molecule is N#Cc1nccnc1NC(CCN(CCCCc1ccc2c(n1)NCCC2)CCOc1ccc(F)cc1)C(=O)O. The van der Waals surface area contributed by atoms with E-state index < -0.39 is 12.0 Å². The molecule has 11 heteroatoms. The largest absolute Gasteiger partial charge is 0.492 e. The molecule has 1 atom stereocenters. The van der Waals surface area contributed by atoms with Gasteiger partial charge in [-0.25, -0.2) is 24.1 Å². The third kappa shape index (κ3) is 8.61. The number of nitriles is 1. The van der Waals surface area contributed by atoms with Crippen LogP contribution in [0.3, 0.4) is 0 Å². The fourth-order valence-electron chi connectivity index (χ4n) is 4.57. The Labute approximate surface area is 233 Å². The number of anilines is 2. The van der Waals surface area contributed by atoms with E-state index in [1.165, 1.54) is 30.1 Å². The van der Waals surface area contributed by atoms with Gasteiger partial charge < -0.3 is 20.5 Å². The van der Waals surface area contributed by atoms with Gasteiger partial charge in [-0.2, -0.15) is 5.26 Å². The number of aryl methyl sites for hydroxylation is 2. The van der Waals surface area contributed by atoms with E-state index in [2.05, 4.69) is 37.6 Å². The third-order valence-corrected chi connectivity index (χ3v) is 6.75. The standard InChI is InChI=1S/C29H34FN7O3/c30-22-7-10-24(11-8-22)40-19-18-37(16-2-1-5-23-9-6-21-4-3-13-33-27(21)35-23)17-12-25(29(38)39)36-28-26(20-31)32-14-15-34-28/h6-11,14-15,25H,1-5,12-13,16-19H2,(H,33,35)(H,34,36)(H,38,39). The first kappa shape index (κ1) is 28.7. The lowest BCUT2D eigenvalue weighted by atomic mass is 10.1. The lowest BCUT2D eigenvalue weighted by Crippen LogP contribution is -2.37. The number of hydrogen-bond donors (Lipinski definition) is 3. The monoisotopic (exact) mass is 547 g/mol. The molecule has 1 aliphatic rings. The van der Waals surface area contributed by atoms with Crippen LogP contribution in [0.25, 0.3) is 0 Å². The van der Waals surface area contributed by atoms with E-state index in [0.717, 1.165) is 56.7 Å². The zero-order valence-electron chi connectivity index (χ0n) is 22.4. The summed E-state index contributed by atoms with van der Waals surface area (Å²) < 4.78 is 19.0. The van der Waals surface area contributed by atoms with Crippen LogP contribution in [0.2, 0.25) is 0 Å². The van der Waals surface area contributed by atoms with Crippen molar-refractivity contribution in [1.29, 1.82) is 5.26 Å². The molecule has 0 fully saturated rings. The number of aromatic nitrogens is 3. The Kier molecular flexibility index (Phi) is 10.6. The molecule has 2 aromatic heterocycles. The molecule has 1 aliphatic heterocycles. The average molecular weight is 548 g/mol. The van der Waals surface area contributed by atoms with Crippen LogP contribution < -0.4 is 15.4 Å². The maximum Gasteiger partial charge on any atom is 0.326 e. The lowest BCUT2D eigenvalue weighted by molar-refractivity contribution is -0.138. The van der Waals surface area contributed by atoms with Crippen LogP contribution in [0.4, 0.5) is 16.0 Å². The summed E-state index contributed by atoms with van der Waals surface area (Å²) in [7, 11) is 0. The van der Waals surface area contributed by atoms with Gasteiger partial charge in [0.1, 0.15) is 36.1 Å². The number of halogens is 1. The maximum atomic E-state index is 13.2. The first-order valence-electron chi connectivity index (χ1n) is 13.6. The minimum atomic E-state index is -1.04. The predicted molar refractivity (Wildman–Crippen MR) is 149 cm³/mol. The molecule has 10 nitrogen and oxygen atoms in total. The van der Waals surface area contributed by atoms with Crippen LogP contribution >= 0.6 is 0 Å². The molecule has 4 rings (SSSR count). The van der Waals surface area contributed by atoms with Crippen molar-refractivity contribution < 1.29 is 19.0 Å². The third-order valence-electron chi connectivity index (χ3n) is 6.75. The van der Waals surface area contributed by atoms with Crippen LogP contribution in [0.15, 0.2) is 48.8 Å². The van der Waals surface area contributed by atoms with E-state index in [-0.39, 0.29) is 23.7 Å². The summed E-state index contributed by atoms with van der Waals surface area (Å²) in [5, 5.41) is 25.3. The highest BCUT2D eigenvalue weighted by Crippen LogP contribution is 2.20. The van der Waals surface area contributed by atoms with Gasteiger partial charge in [-0.1, -0.05) is 6.07 Å². The fourth-order valence-corrected chi connectivity index (χ4v) is 4.57. The highest BCUT2D eigenvalue weighted by molar-refractivity contribution is 5.77. The molecule has 0 saturated heterocycles. The van der Waals surface area contributed by atoms with Crippen molar-refractivity contribution in [1.82, 2.24) is 19.9 Å². The number of pyridine rings is 1. The van der Waals surface area contributed by atoms with Crippen LogP contribution in [-0.2, 0) is 17.6 Å². The van der Waals surface area contributed by atoms with Crippen LogP contribution in [0.1, 0.15) is 42.6 Å². The Balaban J connectivity index is 1.32. The number of unbranched alkanes of at least 4 members (excludes halogenated alkanes) is 1. The zero-order valence-corrected chi connectivity index (χ0v) is 22.4. The summed E-state index contributed by atoms with van der Waals surface area (Å²) in [6.07, 6.45) is 7.97. The van der Waals surface area contributed by atoms with Crippen molar-refractivity contribution in [3.63, 3.8) is 0 Å². The van der Waals surface area contributed by atoms with Crippen LogP contribution in [0.5, 0.6) is 5.75 Å². The van der Waals surface area contributed by atoms with Gasteiger partial charge in [-0.15, -0.1) is 0 Å². The molecular formula is C29H34FN7O3. The van der Waals surface area contributed by atoms with Crippen molar-refractivity contribution in [3.8, 4) is 11.8 Å². The highest BCUT2D eigenvalue weighted by atomic mass is 19.1. The molecule has 0 aliphatic carbocycles. The van der Waals surface area contributed by atoms with Crippen molar-refractivity contribution >= 4 is 17.6 Å². The maximum absolute atomic E-state index is 13.2. The zero-order chi connectivity index (χ0) is 28.2. The molecule has 3 N–H and O–H groups in total. The minimum absolute atomic E-state index is 0.0456. The number of ether oxygens (including phenoxy) is 1. The molecule has 3 aromatic rings. The number of fused-ring (bicyclic) bond motifs is 1. The summed E-state index contributed by atoms with van der Waals surface area (Å²) in [5.74, 6) is 0.358. The topological polar surface area (TPSA) is 136 Å². The number of nitrogens with one attached hydrogen (secondary N) is 2. The summed E-state index contributed by atoms with van der Waals surface area (Å²) in [4.78, 5) is 26.9. The quantitative estimate of drug-likeness (QED) is 0.240. The van der Waals surface area contributed by atoms with E-state index in [1.54, 1.807) is 12.1 Å². The molecule has 40 heavy (non-hydrogen) atoms. The van der Waals surface area contributed by atoms with Crippen LogP contribution in [-0.4, -0.2) is 69.8 Å².